The Balaban J connectivity index is 3.47. The normalized spacial score (nSPS) is 10.1. The maximum atomic E-state index is 12.3. The number of alkyl halides is 2. The van der Waals surface area contributed by atoms with Crippen LogP contribution in [-0.2, 0) is 0 Å². The fourth-order valence-corrected chi connectivity index (χ4v) is 1.45. The number of nitriles is 1. The van der Waals surface area contributed by atoms with Crippen molar-refractivity contribution in [3.63, 3.8) is 0 Å². The lowest BCUT2D eigenvalue weighted by molar-refractivity contribution is -0.386. The zero-order valence-corrected chi connectivity index (χ0v) is 9.10. The van der Waals surface area contributed by atoms with Crippen LogP contribution in [0.2, 0.25) is 0 Å². The highest BCUT2D eigenvalue weighted by molar-refractivity contribution is 14.1. The van der Waals surface area contributed by atoms with Crippen LogP contribution in [0.25, 0.3) is 0 Å². The SMILES string of the molecule is N#Cc1nc(C(F)F)cc([N+](=O)[O-])c1I. The summed E-state index contributed by atoms with van der Waals surface area (Å²) in [5.41, 5.74) is -1.66. The lowest BCUT2D eigenvalue weighted by atomic mass is 10.3. The summed E-state index contributed by atoms with van der Waals surface area (Å²) in [6, 6.07) is 2.20. The molecular weight excluding hydrogens is 323 g/mol. The summed E-state index contributed by atoms with van der Waals surface area (Å²) < 4.78 is 24.5. The van der Waals surface area contributed by atoms with Crippen molar-refractivity contribution in [2.45, 2.75) is 6.43 Å². The minimum Gasteiger partial charge on any atom is -0.258 e. The van der Waals surface area contributed by atoms with Crippen LogP contribution in [0.5, 0.6) is 0 Å². The Hall–Kier alpha value is -1.37. The number of hydrogen-bond donors (Lipinski definition) is 0. The summed E-state index contributed by atoms with van der Waals surface area (Å²) in [6.07, 6.45) is -2.94. The van der Waals surface area contributed by atoms with Crippen molar-refractivity contribution in [2.24, 2.45) is 0 Å². The van der Waals surface area contributed by atoms with E-state index in [2.05, 4.69) is 4.98 Å². The average molecular weight is 325 g/mol. The Labute approximate surface area is 96.0 Å². The molecule has 78 valence electrons. The molecule has 5 nitrogen and oxygen atoms in total. The van der Waals surface area contributed by atoms with Crippen molar-refractivity contribution in [1.82, 2.24) is 4.98 Å². The molecule has 1 aromatic rings. The van der Waals surface area contributed by atoms with Gasteiger partial charge in [0.1, 0.15) is 15.3 Å². The molecule has 0 saturated heterocycles. The summed E-state index contributed by atoms with van der Waals surface area (Å²) in [5.74, 6) is 0. The Kier molecular flexibility index (Phi) is 3.46. The standard InChI is InChI=1S/C7H2F2IN3O2/c8-7(9)3-1-5(13(14)15)6(10)4(2-11)12-3/h1,7H. The Morgan fingerprint density at radius 3 is 2.67 bits per heavy atom. The molecule has 0 aliphatic carbocycles. The number of halogens is 3. The molecule has 0 saturated carbocycles. The summed E-state index contributed by atoms with van der Waals surface area (Å²) in [4.78, 5) is 13.0. The van der Waals surface area contributed by atoms with Gasteiger partial charge in [-0.2, -0.15) is 5.26 Å². The van der Waals surface area contributed by atoms with Gasteiger partial charge in [-0.3, -0.25) is 10.1 Å². The Bertz CT molecular complexity index is 458. The van der Waals surface area contributed by atoms with Gasteiger partial charge in [0.15, 0.2) is 5.69 Å². The Morgan fingerprint density at radius 1 is 1.67 bits per heavy atom. The van der Waals surface area contributed by atoms with Gasteiger partial charge in [0.2, 0.25) is 0 Å². The van der Waals surface area contributed by atoms with E-state index < -0.39 is 22.7 Å². The molecule has 0 bridgehead atoms. The van der Waals surface area contributed by atoms with Crippen molar-refractivity contribution < 1.29 is 13.7 Å². The van der Waals surface area contributed by atoms with Gasteiger partial charge >= 0.3 is 0 Å². The van der Waals surface area contributed by atoms with Crippen molar-refractivity contribution >= 4 is 28.3 Å². The lowest BCUT2D eigenvalue weighted by Gasteiger charge is -2.01. The second kappa shape index (κ2) is 4.43. The lowest BCUT2D eigenvalue weighted by Crippen LogP contribution is -2.01. The van der Waals surface area contributed by atoms with Crippen LogP contribution >= 0.6 is 22.6 Å². The minimum atomic E-state index is -2.94. The Morgan fingerprint density at radius 2 is 2.27 bits per heavy atom. The van der Waals surface area contributed by atoms with Crippen molar-refractivity contribution in [3.05, 3.63) is 31.1 Å². The number of rotatable bonds is 2. The van der Waals surface area contributed by atoms with Gasteiger partial charge < -0.3 is 0 Å². The van der Waals surface area contributed by atoms with E-state index in [1.807, 2.05) is 0 Å². The predicted octanol–water partition coefficient (Wildman–Crippen LogP) is 2.40. The average Bonchev–Trinajstić information content (AvgIpc) is 2.17. The smallest absolute Gasteiger partial charge is 0.258 e. The first kappa shape index (κ1) is 11.7. The maximum absolute atomic E-state index is 12.3. The topological polar surface area (TPSA) is 79.8 Å². The van der Waals surface area contributed by atoms with Gasteiger partial charge in [-0.25, -0.2) is 13.8 Å². The first-order valence-electron chi connectivity index (χ1n) is 3.50. The van der Waals surface area contributed by atoms with Crippen LogP contribution < -0.4 is 0 Å². The van der Waals surface area contributed by atoms with Crippen molar-refractivity contribution in [1.29, 1.82) is 5.26 Å². The van der Waals surface area contributed by atoms with E-state index in [0.29, 0.717) is 6.07 Å². The first-order valence-corrected chi connectivity index (χ1v) is 4.58. The van der Waals surface area contributed by atoms with Gasteiger partial charge in [-0.05, 0) is 22.6 Å². The third kappa shape index (κ3) is 2.35. The fourth-order valence-electron chi connectivity index (χ4n) is 0.854. The monoisotopic (exact) mass is 325 g/mol. The minimum absolute atomic E-state index is 0.0375. The van der Waals surface area contributed by atoms with Crippen molar-refractivity contribution in [2.75, 3.05) is 0 Å². The van der Waals surface area contributed by atoms with E-state index in [1.54, 1.807) is 0 Å². The molecule has 0 fully saturated rings. The molecule has 0 amide bonds. The van der Waals surface area contributed by atoms with E-state index >= 15 is 0 Å². The van der Waals surface area contributed by atoms with Crippen molar-refractivity contribution in [3.8, 4) is 6.07 Å². The summed E-state index contributed by atoms with van der Waals surface area (Å²) >= 11 is 1.52. The number of hydrogen-bond acceptors (Lipinski definition) is 4. The molecule has 1 aromatic heterocycles. The molecule has 1 rings (SSSR count). The second-order valence-corrected chi connectivity index (χ2v) is 3.48. The highest BCUT2D eigenvalue weighted by Gasteiger charge is 2.22. The molecule has 1 heterocycles. The summed E-state index contributed by atoms with van der Waals surface area (Å²) in [5, 5.41) is 19.0. The molecule has 0 unspecified atom stereocenters. The quantitative estimate of drug-likeness (QED) is 0.475. The van der Waals surface area contributed by atoms with Crippen LogP contribution in [0.4, 0.5) is 14.5 Å². The molecule has 8 heteroatoms. The predicted molar refractivity (Wildman–Crippen MR) is 53.3 cm³/mol. The maximum Gasteiger partial charge on any atom is 0.287 e. The highest BCUT2D eigenvalue weighted by atomic mass is 127. The number of aromatic nitrogens is 1. The molecule has 0 spiro atoms. The van der Waals surface area contributed by atoms with Gasteiger partial charge in [-0.15, -0.1) is 0 Å². The molecule has 15 heavy (non-hydrogen) atoms. The van der Waals surface area contributed by atoms with Gasteiger partial charge in [0.25, 0.3) is 12.1 Å². The van der Waals surface area contributed by atoms with E-state index in [4.69, 9.17) is 5.26 Å². The number of pyridine rings is 1. The number of nitrogens with zero attached hydrogens (tertiary/aromatic N) is 3. The summed E-state index contributed by atoms with van der Waals surface area (Å²) in [7, 11) is 0. The second-order valence-electron chi connectivity index (χ2n) is 2.40. The van der Waals surface area contributed by atoms with Crippen LogP contribution in [0.15, 0.2) is 6.07 Å². The van der Waals surface area contributed by atoms with Gasteiger partial charge in [0.05, 0.1) is 4.92 Å². The third-order valence-corrected chi connectivity index (χ3v) is 2.55. The summed E-state index contributed by atoms with van der Waals surface area (Å²) in [6.45, 7) is 0. The van der Waals surface area contributed by atoms with E-state index in [-0.39, 0.29) is 9.26 Å². The molecule has 0 radical (unpaired) electrons. The van der Waals surface area contributed by atoms with E-state index in [9.17, 15) is 18.9 Å². The van der Waals surface area contributed by atoms with Crippen LogP contribution in [0.3, 0.4) is 0 Å². The molecular formula is C7H2F2IN3O2. The van der Waals surface area contributed by atoms with Crippen LogP contribution in [0.1, 0.15) is 17.8 Å². The molecule has 0 N–H and O–H groups in total. The molecule has 0 aromatic carbocycles. The van der Waals surface area contributed by atoms with Crippen LogP contribution in [-0.4, -0.2) is 9.91 Å². The molecule has 0 atom stereocenters. The molecule has 0 aliphatic rings. The largest absolute Gasteiger partial charge is 0.287 e. The zero-order chi connectivity index (χ0) is 11.6. The number of nitro groups is 1. The van der Waals surface area contributed by atoms with Gasteiger partial charge in [-0.1, -0.05) is 0 Å². The third-order valence-electron chi connectivity index (χ3n) is 1.48. The first-order chi connectivity index (χ1) is 6.97. The van der Waals surface area contributed by atoms with E-state index in [1.165, 1.54) is 28.7 Å². The fraction of sp³-hybridized carbons (Fsp3) is 0.143. The highest BCUT2D eigenvalue weighted by Crippen LogP contribution is 2.27. The zero-order valence-electron chi connectivity index (χ0n) is 6.95. The van der Waals surface area contributed by atoms with Gasteiger partial charge in [0, 0.05) is 6.07 Å². The molecule has 0 aliphatic heterocycles. The van der Waals surface area contributed by atoms with Crippen LogP contribution in [0, 0.1) is 25.0 Å². The van der Waals surface area contributed by atoms with E-state index in [0.717, 1.165) is 0 Å².